The quantitative estimate of drug-likeness (QED) is 0.489. The van der Waals surface area contributed by atoms with Gasteiger partial charge in [-0.2, -0.15) is 0 Å². The highest BCUT2D eigenvalue weighted by Gasteiger charge is 2.06. The fraction of sp³-hybridized carbons (Fsp3) is 0.533. The van der Waals surface area contributed by atoms with Crippen molar-refractivity contribution in [2.75, 3.05) is 20.8 Å². The third kappa shape index (κ3) is 9.85. The van der Waals surface area contributed by atoms with Gasteiger partial charge in [0.2, 0.25) is 0 Å². The second-order valence-corrected chi connectivity index (χ2v) is 3.36. The number of carbonyl (C=O) groups is 1. The third-order valence-corrected chi connectivity index (χ3v) is 2.05. The lowest BCUT2D eigenvalue weighted by Crippen LogP contribution is -1.99. The second-order valence-electron chi connectivity index (χ2n) is 3.36. The first-order valence-corrected chi connectivity index (χ1v) is 6.20. The molecule has 3 nitrogen and oxygen atoms in total. The van der Waals surface area contributed by atoms with Crippen LogP contribution in [0.25, 0.3) is 0 Å². The molecule has 0 heterocycles. The van der Waals surface area contributed by atoms with E-state index in [4.69, 9.17) is 9.47 Å². The minimum absolute atomic E-state index is 0.164. The van der Waals surface area contributed by atoms with Crippen LogP contribution in [0.1, 0.15) is 33.6 Å². The van der Waals surface area contributed by atoms with Crippen LogP contribution in [0.15, 0.2) is 36.1 Å². The highest BCUT2D eigenvalue weighted by atomic mass is 16.5. The Bertz CT molecular complexity index is 288. The van der Waals surface area contributed by atoms with Gasteiger partial charge in [0, 0.05) is 13.5 Å². The van der Waals surface area contributed by atoms with E-state index in [-0.39, 0.29) is 5.78 Å². The third-order valence-electron chi connectivity index (χ3n) is 2.05. The van der Waals surface area contributed by atoms with E-state index in [0.717, 1.165) is 11.3 Å². The number of ketones is 1. The Hall–Kier alpha value is -1.35. The molecule has 0 aliphatic heterocycles. The Morgan fingerprint density at radius 2 is 1.83 bits per heavy atom. The van der Waals surface area contributed by atoms with E-state index < -0.39 is 0 Å². The zero-order valence-electron chi connectivity index (χ0n) is 12.3. The van der Waals surface area contributed by atoms with Crippen molar-refractivity contribution in [2.24, 2.45) is 0 Å². The predicted octanol–water partition coefficient (Wildman–Crippen LogP) is 3.67. The molecule has 0 aromatic heterocycles. The molecule has 0 saturated carbocycles. The molecule has 0 saturated heterocycles. The van der Waals surface area contributed by atoms with E-state index in [9.17, 15) is 4.79 Å². The molecule has 0 spiro atoms. The van der Waals surface area contributed by atoms with Crippen molar-refractivity contribution >= 4 is 5.78 Å². The van der Waals surface area contributed by atoms with Crippen molar-refractivity contribution < 1.29 is 14.3 Å². The summed E-state index contributed by atoms with van der Waals surface area (Å²) in [5.74, 6) is 0.894. The fourth-order valence-corrected chi connectivity index (χ4v) is 1.23. The number of hydrogen-bond donors (Lipinski definition) is 0. The number of rotatable bonds is 8. The molecule has 3 heteroatoms. The van der Waals surface area contributed by atoms with Crippen LogP contribution in [0.2, 0.25) is 0 Å². The van der Waals surface area contributed by atoms with Crippen molar-refractivity contribution in [1.82, 2.24) is 0 Å². The van der Waals surface area contributed by atoms with Gasteiger partial charge in [-0.05, 0) is 25.0 Å². The molecule has 0 aromatic carbocycles. The summed E-state index contributed by atoms with van der Waals surface area (Å²) in [6.07, 6.45) is 6.52. The zero-order valence-corrected chi connectivity index (χ0v) is 12.3. The van der Waals surface area contributed by atoms with Crippen molar-refractivity contribution in [3.63, 3.8) is 0 Å². The van der Waals surface area contributed by atoms with Gasteiger partial charge in [-0.15, -0.1) is 0 Å². The lowest BCUT2D eigenvalue weighted by Gasteiger charge is -2.10. The molecule has 0 aliphatic carbocycles. The summed E-state index contributed by atoms with van der Waals surface area (Å²) >= 11 is 0. The number of carbonyl (C=O) groups excluding carboxylic acids is 1. The Kier molecular flexibility index (Phi) is 14.5. The molecule has 0 aromatic rings. The molecular formula is C15H26O3. The fourth-order valence-electron chi connectivity index (χ4n) is 1.23. The molecule has 0 radical (unpaired) electrons. The lowest BCUT2D eigenvalue weighted by molar-refractivity contribution is -0.116. The van der Waals surface area contributed by atoms with Crippen LogP contribution in [0.4, 0.5) is 0 Å². The molecular weight excluding hydrogens is 228 g/mol. The summed E-state index contributed by atoms with van der Waals surface area (Å²) in [7, 11) is 3.23. The lowest BCUT2D eigenvalue weighted by atomic mass is 10.1. The summed E-state index contributed by atoms with van der Waals surface area (Å²) < 4.78 is 10.2. The van der Waals surface area contributed by atoms with Crippen LogP contribution in [-0.2, 0) is 14.3 Å². The molecule has 0 amide bonds. The molecule has 0 atom stereocenters. The van der Waals surface area contributed by atoms with E-state index in [0.29, 0.717) is 19.4 Å². The summed E-state index contributed by atoms with van der Waals surface area (Å²) in [5, 5.41) is 0. The number of allylic oxidation sites excluding steroid dienone is 3. The van der Waals surface area contributed by atoms with Crippen LogP contribution < -0.4 is 0 Å². The number of ether oxygens (including phenoxy) is 2. The van der Waals surface area contributed by atoms with E-state index in [1.165, 1.54) is 0 Å². The highest BCUT2D eigenvalue weighted by molar-refractivity contribution is 5.75. The largest absolute Gasteiger partial charge is 0.496 e. The molecule has 104 valence electrons. The van der Waals surface area contributed by atoms with Crippen LogP contribution in [0.5, 0.6) is 0 Å². The van der Waals surface area contributed by atoms with E-state index in [1.54, 1.807) is 33.3 Å². The zero-order chi connectivity index (χ0) is 14.4. The smallest absolute Gasteiger partial charge is 0.130 e. The SMILES string of the molecule is C=C/C=C(OC)\C(=C/COC)CCC(C)=O.CC. The Morgan fingerprint density at radius 1 is 1.22 bits per heavy atom. The van der Waals surface area contributed by atoms with E-state index >= 15 is 0 Å². The molecule has 0 unspecified atom stereocenters. The van der Waals surface area contributed by atoms with Gasteiger partial charge in [-0.25, -0.2) is 0 Å². The summed E-state index contributed by atoms with van der Waals surface area (Å²) in [4.78, 5) is 11.0. The Morgan fingerprint density at radius 3 is 2.22 bits per heavy atom. The summed E-state index contributed by atoms with van der Waals surface area (Å²) in [5.41, 5.74) is 0.972. The topological polar surface area (TPSA) is 35.5 Å². The van der Waals surface area contributed by atoms with Crippen LogP contribution in [0, 0.1) is 0 Å². The van der Waals surface area contributed by atoms with Gasteiger partial charge in [0.25, 0.3) is 0 Å². The van der Waals surface area contributed by atoms with Crippen molar-refractivity contribution in [3.8, 4) is 0 Å². The summed E-state index contributed by atoms with van der Waals surface area (Å²) in [6, 6.07) is 0. The van der Waals surface area contributed by atoms with Gasteiger partial charge in [-0.3, -0.25) is 0 Å². The highest BCUT2D eigenvalue weighted by Crippen LogP contribution is 2.17. The van der Waals surface area contributed by atoms with Crippen molar-refractivity contribution in [2.45, 2.75) is 33.6 Å². The number of Topliss-reactive ketones (excluding diaryl/α,β-unsaturated/α-hetero) is 1. The maximum atomic E-state index is 11.0. The maximum Gasteiger partial charge on any atom is 0.130 e. The predicted molar refractivity (Wildman–Crippen MR) is 76.5 cm³/mol. The van der Waals surface area contributed by atoms with Gasteiger partial charge in [0.15, 0.2) is 0 Å². The molecule has 0 aliphatic rings. The number of methoxy groups -OCH3 is 2. The maximum absolute atomic E-state index is 11.0. The normalized spacial score (nSPS) is 11.4. The average molecular weight is 254 g/mol. The van der Waals surface area contributed by atoms with Gasteiger partial charge in [0.1, 0.15) is 11.5 Å². The first-order valence-electron chi connectivity index (χ1n) is 6.20. The van der Waals surface area contributed by atoms with Gasteiger partial charge in [-0.1, -0.05) is 32.6 Å². The average Bonchev–Trinajstić information content (AvgIpc) is 2.39. The van der Waals surface area contributed by atoms with Gasteiger partial charge < -0.3 is 14.3 Å². The Balaban J connectivity index is 0. The van der Waals surface area contributed by atoms with Gasteiger partial charge in [0.05, 0.1) is 13.7 Å². The van der Waals surface area contributed by atoms with Crippen molar-refractivity contribution in [1.29, 1.82) is 0 Å². The molecule has 0 rings (SSSR count). The van der Waals surface area contributed by atoms with E-state index in [1.807, 2.05) is 19.9 Å². The van der Waals surface area contributed by atoms with Gasteiger partial charge >= 0.3 is 0 Å². The van der Waals surface area contributed by atoms with Crippen molar-refractivity contribution in [3.05, 3.63) is 36.1 Å². The summed E-state index contributed by atoms with van der Waals surface area (Å²) in [6.45, 7) is 9.71. The number of hydrogen-bond acceptors (Lipinski definition) is 3. The molecule has 18 heavy (non-hydrogen) atoms. The van der Waals surface area contributed by atoms with E-state index in [2.05, 4.69) is 6.58 Å². The minimum atomic E-state index is 0.164. The minimum Gasteiger partial charge on any atom is -0.496 e. The molecule has 0 fully saturated rings. The van der Waals surface area contributed by atoms with Crippen LogP contribution >= 0.6 is 0 Å². The Labute approximate surface area is 111 Å². The molecule has 0 N–H and O–H groups in total. The standard InChI is InChI=1S/C13H20O3.C2H6/c1-5-6-13(16-4)12(9-10-15-3)8-7-11(2)14;1-2/h5-6,9H,1,7-8,10H2,2-4H3;1-2H3/b12-9-,13-6+;. The first-order chi connectivity index (χ1) is 8.65. The monoisotopic (exact) mass is 254 g/mol. The van der Waals surface area contributed by atoms with Crippen LogP contribution in [-0.4, -0.2) is 26.6 Å². The first kappa shape index (κ1) is 19.0. The second kappa shape index (κ2) is 13.7. The molecule has 0 bridgehead atoms. The van der Waals surface area contributed by atoms with Crippen LogP contribution in [0.3, 0.4) is 0 Å².